The molecule has 1 atom stereocenters. The molecule has 1 aromatic rings. The van der Waals surface area contributed by atoms with Crippen LogP contribution in [0, 0.1) is 5.92 Å². The third-order valence-electron chi connectivity index (χ3n) is 5.56. The van der Waals surface area contributed by atoms with Gasteiger partial charge in [-0.05, 0) is 43.0 Å². The predicted molar refractivity (Wildman–Crippen MR) is 89.4 cm³/mol. The molecule has 4 rings (SSSR count). The van der Waals surface area contributed by atoms with Crippen LogP contribution in [0.5, 0.6) is 5.75 Å². The Morgan fingerprint density at radius 1 is 1.26 bits per heavy atom. The number of benzene rings is 1. The van der Waals surface area contributed by atoms with Gasteiger partial charge in [-0.2, -0.15) is 0 Å². The number of rotatable bonds is 4. The van der Waals surface area contributed by atoms with E-state index in [0.717, 1.165) is 44.8 Å². The van der Waals surface area contributed by atoms with Gasteiger partial charge in [-0.25, -0.2) is 0 Å². The van der Waals surface area contributed by atoms with Crippen molar-refractivity contribution >= 4 is 5.91 Å². The van der Waals surface area contributed by atoms with Crippen molar-refractivity contribution in [3.63, 3.8) is 0 Å². The summed E-state index contributed by atoms with van der Waals surface area (Å²) >= 11 is 0. The van der Waals surface area contributed by atoms with E-state index in [0.29, 0.717) is 11.9 Å². The zero-order valence-electron chi connectivity index (χ0n) is 13.7. The van der Waals surface area contributed by atoms with E-state index in [2.05, 4.69) is 28.4 Å². The molecule has 1 N–H and O–H groups in total. The third-order valence-corrected chi connectivity index (χ3v) is 5.56. The standard InChI is InChI=1S/C19H26N2O2/c22-19(16-7-9-20-12-16)21(17-3-1-2-4-17)13-14-5-6-18-15(11-14)8-10-23-18/h5-6,11,16-17,20H,1-4,7-10,12-13H2. The van der Waals surface area contributed by atoms with Gasteiger partial charge in [0.25, 0.3) is 0 Å². The van der Waals surface area contributed by atoms with Gasteiger partial charge in [0.1, 0.15) is 5.75 Å². The molecule has 1 unspecified atom stereocenters. The van der Waals surface area contributed by atoms with Gasteiger partial charge in [-0.1, -0.05) is 25.0 Å². The molecule has 124 valence electrons. The van der Waals surface area contributed by atoms with Crippen LogP contribution in [0.4, 0.5) is 0 Å². The van der Waals surface area contributed by atoms with E-state index in [1.165, 1.54) is 36.8 Å². The monoisotopic (exact) mass is 314 g/mol. The summed E-state index contributed by atoms with van der Waals surface area (Å²) in [5, 5.41) is 3.33. The molecule has 0 aromatic heterocycles. The van der Waals surface area contributed by atoms with Gasteiger partial charge in [0.05, 0.1) is 12.5 Å². The van der Waals surface area contributed by atoms with Crippen LogP contribution in [0.1, 0.15) is 43.2 Å². The molecular weight excluding hydrogens is 288 g/mol. The Hall–Kier alpha value is -1.55. The molecule has 1 amide bonds. The van der Waals surface area contributed by atoms with E-state index in [-0.39, 0.29) is 5.92 Å². The van der Waals surface area contributed by atoms with Crippen LogP contribution in [-0.2, 0) is 17.8 Å². The van der Waals surface area contributed by atoms with Crippen LogP contribution in [0.15, 0.2) is 18.2 Å². The summed E-state index contributed by atoms with van der Waals surface area (Å²) < 4.78 is 5.60. The highest BCUT2D eigenvalue weighted by molar-refractivity contribution is 5.79. The van der Waals surface area contributed by atoms with Crippen molar-refractivity contribution in [1.82, 2.24) is 10.2 Å². The molecule has 2 fully saturated rings. The fraction of sp³-hybridized carbons (Fsp3) is 0.632. The van der Waals surface area contributed by atoms with Crippen molar-refractivity contribution < 1.29 is 9.53 Å². The van der Waals surface area contributed by atoms with Gasteiger partial charge >= 0.3 is 0 Å². The first-order valence-electron chi connectivity index (χ1n) is 9.07. The Morgan fingerprint density at radius 3 is 2.91 bits per heavy atom. The van der Waals surface area contributed by atoms with Crippen LogP contribution >= 0.6 is 0 Å². The van der Waals surface area contributed by atoms with Gasteiger partial charge in [0, 0.05) is 25.6 Å². The van der Waals surface area contributed by atoms with E-state index in [1.807, 2.05) is 0 Å². The lowest BCUT2D eigenvalue weighted by Gasteiger charge is -2.31. The Kier molecular flexibility index (Phi) is 4.25. The number of hydrogen-bond donors (Lipinski definition) is 1. The molecule has 0 spiro atoms. The van der Waals surface area contributed by atoms with Crippen LogP contribution in [0.3, 0.4) is 0 Å². The molecule has 4 heteroatoms. The maximum Gasteiger partial charge on any atom is 0.227 e. The van der Waals surface area contributed by atoms with Crippen molar-refractivity contribution in [3.8, 4) is 5.75 Å². The van der Waals surface area contributed by atoms with Gasteiger partial charge < -0.3 is 15.0 Å². The fourth-order valence-electron chi connectivity index (χ4n) is 4.24. The first kappa shape index (κ1) is 15.0. The number of nitrogens with one attached hydrogen (secondary N) is 1. The summed E-state index contributed by atoms with van der Waals surface area (Å²) in [5.74, 6) is 1.56. The van der Waals surface area contributed by atoms with Gasteiger partial charge in [-0.3, -0.25) is 4.79 Å². The van der Waals surface area contributed by atoms with E-state index < -0.39 is 0 Å². The molecule has 2 heterocycles. The first-order chi connectivity index (χ1) is 11.3. The Morgan fingerprint density at radius 2 is 2.13 bits per heavy atom. The number of fused-ring (bicyclic) bond motifs is 1. The number of carbonyl (C=O) groups is 1. The molecule has 2 aliphatic heterocycles. The van der Waals surface area contributed by atoms with Crippen molar-refractivity contribution in [3.05, 3.63) is 29.3 Å². The number of amides is 1. The summed E-state index contributed by atoms with van der Waals surface area (Å²) in [4.78, 5) is 15.2. The van der Waals surface area contributed by atoms with E-state index in [9.17, 15) is 4.79 Å². The first-order valence-corrected chi connectivity index (χ1v) is 9.07. The highest BCUT2D eigenvalue weighted by atomic mass is 16.5. The Labute approximate surface area is 138 Å². The Balaban J connectivity index is 1.53. The summed E-state index contributed by atoms with van der Waals surface area (Å²) in [6, 6.07) is 6.88. The zero-order chi connectivity index (χ0) is 15.6. The van der Waals surface area contributed by atoms with Crippen LogP contribution in [-0.4, -0.2) is 36.5 Å². The maximum atomic E-state index is 13.0. The van der Waals surface area contributed by atoms with Gasteiger partial charge in [0.2, 0.25) is 5.91 Å². The summed E-state index contributed by atoms with van der Waals surface area (Å²) in [6.45, 7) is 3.37. The fourth-order valence-corrected chi connectivity index (χ4v) is 4.24. The van der Waals surface area contributed by atoms with Crippen LogP contribution in [0.2, 0.25) is 0 Å². The molecule has 0 bridgehead atoms. The lowest BCUT2D eigenvalue weighted by atomic mass is 10.0. The third kappa shape index (κ3) is 3.09. The number of hydrogen-bond acceptors (Lipinski definition) is 3. The molecular formula is C19H26N2O2. The van der Waals surface area contributed by atoms with Crippen molar-refractivity contribution in [2.75, 3.05) is 19.7 Å². The Bertz CT molecular complexity index is 575. The SMILES string of the molecule is O=C(C1CCNC1)N(Cc1ccc2c(c1)CCO2)C1CCCC1. The molecule has 1 aliphatic carbocycles. The molecule has 0 radical (unpaired) electrons. The van der Waals surface area contributed by atoms with Gasteiger partial charge in [0.15, 0.2) is 0 Å². The average Bonchev–Trinajstić information content (AvgIpc) is 3.33. The van der Waals surface area contributed by atoms with Crippen LogP contribution < -0.4 is 10.1 Å². The minimum absolute atomic E-state index is 0.174. The highest BCUT2D eigenvalue weighted by Gasteiger charge is 2.32. The lowest BCUT2D eigenvalue weighted by molar-refractivity contribution is -0.138. The summed E-state index contributed by atoms with van der Waals surface area (Å²) in [6.07, 6.45) is 6.83. The maximum absolute atomic E-state index is 13.0. The van der Waals surface area contributed by atoms with E-state index >= 15 is 0 Å². The topological polar surface area (TPSA) is 41.6 Å². The molecule has 1 saturated heterocycles. The van der Waals surface area contributed by atoms with Gasteiger partial charge in [-0.15, -0.1) is 0 Å². The quantitative estimate of drug-likeness (QED) is 0.928. The second-order valence-electron chi connectivity index (χ2n) is 7.13. The van der Waals surface area contributed by atoms with E-state index in [1.54, 1.807) is 0 Å². The smallest absolute Gasteiger partial charge is 0.227 e. The highest BCUT2D eigenvalue weighted by Crippen LogP contribution is 2.30. The molecule has 1 aromatic carbocycles. The number of nitrogens with zero attached hydrogens (tertiary/aromatic N) is 1. The van der Waals surface area contributed by atoms with Crippen LogP contribution in [0.25, 0.3) is 0 Å². The number of carbonyl (C=O) groups excluding carboxylic acids is 1. The summed E-state index contributed by atoms with van der Waals surface area (Å²) in [5.41, 5.74) is 2.55. The molecule has 23 heavy (non-hydrogen) atoms. The largest absolute Gasteiger partial charge is 0.493 e. The second-order valence-corrected chi connectivity index (χ2v) is 7.13. The molecule has 3 aliphatic rings. The summed E-state index contributed by atoms with van der Waals surface area (Å²) in [7, 11) is 0. The minimum atomic E-state index is 0.174. The van der Waals surface area contributed by atoms with Crippen molar-refractivity contribution in [2.24, 2.45) is 5.92 Å². The second kappa shape index (κ2) is 6.52. The normalized spacial score (nSPS) is 23.7. The van der Waals surface area contributed by atoms with Crippen molar-refractivity contribution in [1.29, 1.82) is 0 Å². The van der Waals surface area contributed by atoms with E-state index in [4.69, 9.17) is 4.74 Å². The molecule has 1 saturated carbocycles. The zero-order valence-corrected chi connectivity index (χ0v) is 13.7. The predicted octanol–water partition coefficient (Wildman–Crippen LogP) is 2.50. The lowest BCUT2D eigenvalue weighted by Crippen LogP contribution is -2.42. The minimum Gasteiger partial charge on any atom is -0.493 e. The molecule has 4 nitrogen and oxygen atoms in total. The van der Waals surface area contributed by atoms with Crippen molar-refractivity contribution in [2.45, 2.75) is 51.1 Å². The number of ether oxygens (including phenoxy) is 1. The average molecular weight is 314 g/mol.